The largest absolute Gasteiger partial charge is 0.464 e. The lowest BCUT2D eigenvalue weighted by Crippen LogP contribution is -2.06. The molecule has 19 heavy (non-hydrogen) atoms. The Hall–Kier alpha value is -1.36. The SMILES string of the molecule is COC(=O)c1ncc(-c2ccc(Cl)cc2Cl)nc1Cl. The first-order chi connectivity index (χ1) is 9.02. The summed E-state index contributed by atoms with van der Waals surface area (Å²) in [5.41, 5.74) is 1.02. The summed E-state index contributed by atoms with van der Waals surface area (Å²) in [6, 6.07) is 4.96. The van der Waals surface area contributed by atoms with Crippen LogP contribution in [0.2, 0.25) is 15.2 Å². The van der Waals surface area contributed by atoms with Crippen molar-refractivity contribution in [2.75, 3.05) is 7.11 Å². The summed E-state index contributed by atoms with van der Waals surface area (Å²) in [5, 5.41) is 0.887. The zero-order valence-electron chi connectivity index (χ0n) is 9.65. The van der Waals surface area contributed by atoms with Gasteiger partial charge < -0.3 is 4.74 Å². The Morgan fingerprint density at radius 1 is 1.26 bits per heavy atom. The lowest BCUT2D eigenvalue weighted by molar-refractivity contribution is 0.0594. The third-order valence-electron chi connectivity index (χ3n) is 2.32. The van der Waals surface area contributed by atoms with E-state index in [0.717, 1.165) is 0 Å². The van der Waals surface area contributed by atoms with Crippen molar-refractivity contribution in [1.82, 2.24) is 9.97 Å². The molecule has 0 saturated heterocycles. The normalized spacial score (nSPS) is 10.3. The zero-order valence-corrected chi connectivity index (χ0v) is 11.9. The minimum absolute atomic E-state index is 0.0435. The number of hydrogen-bond donors (Lipinski definition) is 0. The monoisotopic (exact) mass is 316 g/mol. The molecule has 2 rings (SSSR count). The third kappa shape index (κ3) is 2.97. The smallest absolute Gasteiger partial charge is 0.359 e. The third-order valence-corrected chi connectivity index (χ3v) is 3.13. The summed E-state index contributed by atoms with van der Waals surface area (Å²) in [4.78, 5) is 19.3. The maximum atomic E-state index is 11.3. The number of rotatable bonds is 2. The summed E-state index contributed by atoms with van der Waals surface area (Å²) in [5.74, 6) is -0.647. The molecular weight excluding hydrogens is 311 g/mol. The summed E-state index contributed by atoms with van der Waals surface area (Å²) < 4.78 is 4.53. The quantitative estimate of drug-likeness (QED) is 0.789. The van der Waals surface area contributed by atoms with Crippen molar-refractivity contribution in [3.63, 3.8) is 0 Å². The Morgan fingerprint density at radius 3 is 2.58 bits per heavy atom. The molecule has 0 radical (unpaired) electrons. The Labute approximate surface area is 124 Å². The maximum Gasteiger partial charge on any atom is 0.359 e. The van der Waals surface area contributed by atoms with Crippen molar-refractivity contribution >= 4 is 40.8 Å². The predicted octanol–water partition coefficient (Wildman–Crippen LogP) is 3.89. The van der Waals surface area contributed by atoms with Crippen molar-refractivity contribution < 1.29 is 9.53 Å². The molecule has 0 unspecified atom stereocenters. The van der Waals surface area contributed by atoms with Crippen LogP contribution in [0.3, 0.4) is 0 Å². The van der Waals surface area contributed by atoms with Gasteiger partial charge >= 0.3 is 5.97 Å². The van der Waals surface area contributed by atoms with Crippen LogP contribution >= 0.6 is 34.8 Å². The van der Waals surface area contributed by atoms with Gasteiger partial charge in [0.2, 0.25) is 0 Å². The second-order valence-electron chi connectivity index (χ2n) is 3.51. The maximum absolute atomic E-state index is 11.3. The topological polar surface area (TPSA) is 52.1 Å². The van der Waals surface area contributed by atoms with Crippen LogP contribution in [0.15, 0.2) is 24.4 Å². The number of aromatic nitrogens is 2. The van der Waals surface area contributed by atoms with Crippen LogP contribution in [0, 0.1) is 0 Å². The standard InChI is InChI=1S/C12H7Cl3N2O2/c1-19-12(18)10-11(15)17-9(5-16-10)7-3-2-6(13)4-8(7)14/h2-5H,1H3. The highest BCUT2D eigenvalue weighted by atomic mass is 35.5. The van der Waals surface area contributed by atoms with Crippen LogP contribution in [-0.2, 0) is 4.74 Å². The highest BCUT2D eigenvalue weighted by Crippen LogP contribution is 2.29. The van der Waals surface area contributed by atoms with Crippen molar-refractivity contribution in [3.05, 3.63) is 45.3 Å². The minimum atomic E-state index is -0.647. The van der Waals surface area contributed by atoms with Crippen LogP contribution in [0.1, 0.15) is 10.5 Å². The van der Waals surface area contributed by atoms with E-state index in [0.29, 0.717) is 21.3 Å². The molecule has 7 heteroatoms. The molecule has 0 aliphatic rings. The van der Waals surface area contributed by atoms with E-state index >= 15 is 0 Å². The number of nitrogens with zero attached hydrogens (tertiary/aromatic N) is 2. The van der Waals surface area contributed by atoms with Crippen LogP contribution in [-0.4, -0.2) is 23.0 Å². The van der Waals surface area contributed by atoms with Crippen LogP contribution in [0.4, 0.5) is 0 Å². The number of hydrogen-bond acceptors (Lipinski definition) is 4. The van der Waals surface area contributed by atoms with Crippen molar-refractivity contribution in [1.29, 1.82) is 0 Å². The molecule has 0 aliphatic carbocycles. The summed E-state index contributed by atoms with van der Waals surface area (Å²) in [6.07, 6.45) is 1.40. The molecule has 1 aromatic carbocycles. The molecule has 0 bridgehead atoms. The highest BCUT2D eigenvalue weighted by Gasteiger charge is 2.16. The summed E-state index contributed by atoms with van der Waals surface area (Å²) >= 11 is 17.8. The number of carbonyl (C=O) groups is 1. The second-order valence-corrected chi connectivity index (χ2v) is 4.71. The van der Waals surface area contributed by atoms with E-state index in [9.17, 15) is 4.79 Å². The fourth-order valence-electron chi connectivity index (χ4n) is 1.43. The molecule has 0 aliphatic heterocycles. The average molecular weight is 318 g/mol. The van der Waals surface area contributed by atoms with Crippen LogP contribution in [0.5, 0.6) is 0 Å². The Morgan fingerprint density at radius 2 is 2.00 bits per heavy atom. The van der Waals surface area contributed by atoms with E-state index in [-0.39, 0.29) is 10.8 Å². The van der Waals surface area contributed by atoms with Gasteiger partial charge in [0.15, 0.2) is 10.8 Å². The summed E-state index contributed by atoms with van der Waals surface area (Å²) in [6.45, 7) is 0. The van der Waals surface area contributed by atoms with E-state index < -0.39 is 5.97 Å². The molecule has 1 heterocycles. The molecule has 0 N–H and O–H groups in total. The molecule has 0 saturated carbocycles. The number of ether oxygens (including phenoxy) is 1. The molecule has 0 fully saturated rings. The molecule has 0 atom stereocenters. The fraction of sp³-hybridized carbons (Fsp3) is 0.0833. The van der Waals surface area contributed by atoms with E-state index in [1.54, 1.807) is 18.2 Å². The average Bonchev–Trinajstić information content (AvgIpc) is 2.37. The summed E-state index contributed by atoms with van der Waals surface area (Å²) in [7, 11) is 1.24. The Balaban J connectivity index is 2.47. The predicted molar refractivity (Wildman–Crippen MR) is 73.8 cm³/mol. The second kappa shape index (κ2) is 5.74. The van der Waals surface area contributed by atoms with Gasteiger partial charge in [0.25, 0.3) is 0 Å². The molecule has 0 amide bonds. The van der Waals surface area contributed by atoms with Gasteiger partial charge in [-0.25, -0.2) is 14.8 Å². The zero-order chi connectivity index (χ0) is 14.0. The van der Waals surface area contributed by atoms with Gasteiger partial charge in [0.05, 0.1) is 24.0 Å². The first-order valence-corrected chi connectivity index (χ1v) is 6.22. The number of esters is 1. The molecule has 2 aromatic rings. The lowest BCUT2D eigenvalue weighted by atomic mass is 10.1. The van der Waals surface area contributed by atoms with Gasteiger partial charge in [-0.15, -0.1) is 0 Å². The lowest BCUT2D eigenvalue weighted by Gasteiger charge is -2.06. The molecule has 4 nitrogen and oxygen atoms in total. The van der Waals surface area contributed by atoms with Gasteiger partial charge in [-0.1, -0.05) is 34.8 Å². The number of halogens is 3. The van der Waals surface area contributed by atoms with E-state index in [4.69, 9.17) is 34.8 Å². The van der Waals surface area contributed by atoms with E-state index in [2.05, 4.69) is 14.7 Å². The number of carbonyl (C=O) groups excluding carboxylic acids is 1. The van der Waals surface area contributed by atoms with Crippen molar-refractivity contribution in [2.24, 2.45) is 0 Å². The molecule has 98 valence electrons. The van der Waals surface area contributed by atoms with Gasteiger partial charge in [0, 0.05) is 10.6 Å². The van der Waals surface area contributed by atoms with Crippen molar-refractivity contribution in [3.8, 4) is 11.3 Å². The fourth-order valence-corrected chi connectivity index (χ4v) is 2.15. The minimum Gasteiger partial charge on any atom is -0.464 e. The van der Waals surface area contributed by atoms with Gasteiger partial charge in [0.1, 0.15) is 0 Å². The first kappa shape index (κ1) is 14.1. The van der Waals surface area contributed by atoms with E-state index in [1.165, 1.54) is 13.3 Å². The van der Waals surface area contributed by atoms with Crippen molar-refractivity contribution in [2.45, 2.75) is 0 Å². The van der Waals surface area contributed by atoms with Gasteiger partial charge in [-0.05, 0) is 18.2 Å². The van der Waals surface area contributed by atoms with Gasteiger partial charge in [-0.3, -0.25) is 0 Å². The highest BCUT2D eigenvalue weighted by molar-refractivity contribution is 6.36. The van der Waals surface area contributed by atoms with Gasteiger partial charge in [-0.2, -0.15) is 0 Å². The molecular formula is C12H7Cl3N2O2. The van der Waals surface area contributed by atoms with E-state index in [1.807, 2.05) is 0 Å². The van der Waals surface area contributed by atoms with Crippen LogP contribution in [0.25, 0.3) is 11.3 Å². The molecule has 0 spiro atoms. The first-order valence-electron chi connectivity index (χ1n) is 5.09. The molecule has 1 aromatic heterocycles. The van der Waals surface area contributed by atoms with Crippen LogP contribution < -0.4 is 0 Å². The number of benzene rings is 1. The Bertz CT molecular complexity index is 647. The number of methoxy groups -OCH3 is 1. The Kier molecular flexibility index (Phi) is 4.24.